The normalized spacial score (nSPS) is 11.2. The lowest BCUT2D eigenvalue weighted by Gasteiger charge is -2.05. The van der Waals surface area contributed by atoms with E-state index in [9.17, 15) is 4.79 Å². The number of pyridine rings is 1. The van der Waals surface area contributed by atoms with Crippen molar-refractivity contribution in [1.82, 2.24) is 15.2 Å². The van der Waals surface area contributed by atoms with Crippen molar-refractivity contribution in [3.05, 3.63) is 90.8 Å². The largest absolute Gasteiger partial charge is 0.411 e. The first-order valence-electron chi connectivity index (χ1n) is 8.70. The summed E-state index contributed by atoms with van der Waals surface area (Å²) in [4.78, 5) is 17.0. The molecule has 0 unspecified atom stereocenters. The summed E-state index contributed by atoms with van der Waals surface area (Å²) in [5, 5.41) is 12.7. The number of thioether (sulfide) groups is 1. The minimum Gasteiger partial charge on any atom is -0.411 e. The van der Waals surface area contributed by atoms with Crippen LogP contribution in [0.15, 0.2) is 99.9 Å². The molecule has 29 heavy (non-hydrogen) atoms. The van der Waals surface area contributed by atoms with Crippen LogP contribution in [0, 0.1) is 0 Å². The Hall–Kier alpha value is -3.78. The number of carbonyl (C=O) groups is 1. The molecule has 7 nitrogen and oxygen atoms in total. The van der Waals surface area contributed by atoms with Gasteiger partial charge < -0.3 is 4.42 Å². The molecule has 0 aliphatic carbocycles. The van der Waals surface area contributed by atoms with Crippen molar-refractivity contribution in [3.8, 4) is 11.5 Å². The van der Waals surface area contributed by atoms with Gasteiger partial charge in [0, 0.05) is 18.0 Å². The van der Waals surface area contributed by atoms with Crippen molar-refractivity contribution in [2.24, 2.45) is 5.10 Å². The number of carbonyl (C=O) groups excluding carboxylic acids is 1. The second-order valence-electron chi connectivity index (χ2n) is 5.81. The Kier molecular flexibility index (Phi) is 5.73. The van der Waals surface area contributed by atoms with Crippen LogP contribution in [-0.4, -0.2) is 26.0 Å². The van der Waals surface area contributed by atoms with E-state index in [0.717, 1.165) is 17.4 Å². The van der Waals surface area contributed by atoms with Gasteiger partial charge in [0.15, 0.2) is 5.04 Å². The van der Waals surface area contributed by atoms with Crippen LogP contribution in [-0.2, 0) is 0 Å². The Morgan fingerprint density at radius 2 is 1.69 bits per heavy atom. The van der Waals surface area contributed by atoms with Crippen molar-refractivity contribution in [3.63, 3.8) is 0 Å². The lowest BCUT2D eigenvalue weighted by atomic mass is 10.1. The van der Waals surface area contributed by atoms with Crippen LogP contribution < -0.4 is 5.43 Å². The van der Waals surface area contributed by atoms with Crippen LogP contribution in [0.1, 0.15) is 10.4 Å². The molecule has 8 heteroatoms. The van der Waals surface area contributed by atoms with Crippen molar-refractivity contribution < 1.29 is 9.21 Å². The molecule has 2 heterocycles. The average molecular weight is 401 g/mol. The number of para-hydroxylation sites is 1. The molecule has 1 N–H and O–H groups in total. The molecule has 0 fully saturated rings. The Morgan fingerprint density at radius 3 is 2.41 bits per heavy atom. The third-order valence-corrected chi connectivity index (χ3v) is 4.60. The lowest BCUT2D eigenvalue weighted by molar-refractivity contribution is 0.106. The Balaban J connectivity index is 1.60. The maximum Gasteiger partial charge on any atom is 0.283 e. The van der Waals surface area contributed by atoms with Gasteiger partial charge in [0.2, 0.25) is 11.7 Å². The van der Waals surface area contributed by atoms with E-state index >= 15 is 0 Å². The smallest absolute Gasteiger partial charge is 0.283 e. The van der Waals surface area contributed by atoms with Gasteiger partial charge in [-0.25, -0.2) is 0 Å². The zero-order valence-corrected chi connectivity index (χ0v) is 15.9. The number of hydrogen-bond acceptors (Lipinski definition) is 8. The highest BCUT2D eigenvalue weighted by Gasteiger charge is 2.20. The SMILES string of the molecule is O=C(/C(=N\Nc1ccccc1)Sc1nnc(-c2cccnc2)o1)c1ccccc1. The van der Waals surface area contributed by atoms with Gasteiger partial charge in [-0.2, -0.15) is 5.10 Å². The van der Waals surface area contributed by atoms with Crippen molar-refractivity contribution in [2.45, 2.75) is 5.22 Å². The first kappa shape index (κ1) is 18.6. The third-order valence-electron chi connectivity index (χ3n) is 3.79. The molecule has 0 saturated carbocycles. The summed E-state index contributed by atoms with van der Waals surface area (Å²) in [6.45, 7) is 0. The van der Waals surface area contributed by atoms with Gasteiger partial charge >= 0.3 is 0 Å². The monoisotopic (exact) mass is 401 g/mol. The summed E-state index contributed by atoms with van der Waals surface area (Å²) in [5.41, 5.74) is 4.87. The number of nitrogens with one attached hydrogen (secondary N) is 1. The Bertz CT molecular complexity index is 1120. The summed E-state index contributed by atoms with van der Waals surface area (Å²) in [6.07, 6.45) is 3.29. The summed E-state index contributed by atoms with van der Waals surface area (Å²) < 4.78 is 5.68. The predicted molar refractivity (Wildman–Crippen MR) is 112 cm³/mol. The van der Waals surface area contributed by atoms with Gasteiger partial charge in [-0.15, -0.1) is 10.2 Å². The molecule has 0 aliphatic heterocycles. The van der Waals surface area contributed by atoms with E-state index in [1.165, 1.54) is 0 Å². The van der Waals surface area contributed by atoms with Crippen molar-refractivity contribution in [1.29, 1.82) is 0 Å². The van der Waals surface area contributed by atoms with Gasteiger partial charge in [0.1, 0.15) is 0 Å². The second kappa shape index (κ2) is 8.94. The van der Waals surface area contributed by atoms with Gasteiger partial charge in [0.25, 0.3) is 5.22 Å². The molecule has 4 aromatic rings. The number of nitrogens with zero attached hydrogens (tertiary/aromatic N) is 4. The summed E-state index contributed by atoms with van der Waals surface area (Å²) in [6, 6.07) is 21.9. The second-order valence-corrected chi connectivity index (χ2v) is 6.75. The first-order chi connectivity index (χ1) is 14.3. The number of Topliss-reactive ketones (excluding diaryl/α,β-unsaturated/α-hetero) is 1. The van der Waals surface area contributed by atoms with E-state index < -0.39 is 0 Å². The summed E-state index contributed by atoms with van der Waals surface area (Å²) in [5.74, 6) is 0.0725. The zero-order chi connectivity index (χ0) is 19.9. The molecular weight excluding hydrogens is 386 g/mol. The minimum atomic E-state index is -0.250. The highest BCUT2D eigenvalue weighted by molar-refractivity contribution is 8.15. The highest BCUT2D eigenvalue weighted by Crippen LogP contribution is 2.25. The maximum atomic E-state index is 13.0. The molecule has 2 aromatic heterocycles. The number of hydrogen-bond donors (Lipinski definition) is 1. The maximum absolute atomic E-state index is 13.0. The van der Waals surface area contributed by atoms with Crippen LogP contribution in [0.5, 0.6) is 0 Å². The van der Waals surface area contributed by atoms with E-state index in [-0.39, 0.29) is 16.0 Å². The van der Waals surface area contributed by atoms with E-state index in [2.05, 4.69) is 25.7 Å². The molecule has 142 valence electrons. The van der Waals surface area contributed by atoms with E-state index in [1.807, 2.05) is 42.5 Å². The number of hydrazone groups is 1. The minimum absolute atomic E-state index is 0.182. The fourth-order valence-corrected chi connectivity index (χ4v) is 3.07. The number of aromatic nitrogens is 3. The molecule has 0 amide bonds. The van der Waals surface area contributed by atoms with Gasteiger partial charge in [-0.3, -0.25) is 15.2 Å². The molecule has 0 bridgehead atoms. The molecular formula is C21H15N5O2S. The Morgan fingerprint density at radius 1 is 0.931 bits per heavy atom. The Labute approximate surface area is 170 Å². The standard InChI is InChI=1S/C21H15N5O2S/c27-18(15-8-3-1-4-9-15)20(25-23-17-11-5-2-6-12-17)29-21-26-24-19(28-21)16-10-7-13-22-14-16/h1-14,23H/b25-20+. The lowest BCUT2D eigenvalue weighted by Crippen LogP contribution is -2.13. The van der Waals surface area contributed by atoms with Crippen LogP contribution in [0.3, 0.4) is 0 Å². The number of benzene rings is 2. The average Bonchev–Trinajstić information content (AvgIpc) is 3.27. The topological polar surface area (TPSA) is 93.3 Å². The van der Waals surface area contributed by atoms with Crippen LogP contribution in [0.25, 0.3) is 11.5 Å². The van der Waals surface area contributed by atoms with Crippen LogP contribution >= 0.6 is 11.8 Å². The van der Waals surface area contributed by atoms with E-state index in [4.69, 9.17) is 4.42 Å². The number of anilines is 1. The molecule has 4 rings (SSSR count). The highest BCUT2D eigenvalue weighted by atomic mass is 32.2. The van der Waals surface area contributed by atoms with Crippen LogP contribution in [0.4, 0.5) is 5.69 Å². The molecule has 2 aromatic carbocycles. The fraction of sp³-hybridized carbons (Fsp3) is 0. The zero-order valence-electron chi connectivity index (χ0n) is 15.1. The van der Waals surface area contributed by atoms with Gasteiger partial charge in [-0.1, -0.05) is 48.5 Å². The molecule has 0 spiro atoms. The predicted octanol–water partition coefficient (Wildman–Crippen LogP) is 4.53. The van der Waals surface area contributed by atoms with Gasteiger partial charge in [-0.05, 0) is 36.0 Å². The first-order valence-corrected chi connectivity index (χ1v) is 9.51. The summed E-state index contributed by atoms with van der Waals surface area (Å²) >= 11 is 1.00. The molecule has 0 atom stereocenters. The number of rotatable bonds is 6. The molecule has 0 saturated heterocycles. The third kappa shape index (κ3) is 4.74. The van der Waals surface area contributed by atoms with Crippen molar-refractivity contribution >= 4 is 28.3 Å². The fourth-order valence-electron chi connectivity index (χ4n) is 2.40. The van der Waals surface area contributed by atoms with Crippen LogP contribution in [0.2, 0.25) is 0 Å². The van der Waals surface area contributed by atoms with Crippen molar-refractivity contribution in [2.75, 3.05) is 5.43 Å². The molecule has 0 aliphatic rings. The molecule has 0 radical (unpaired) electrons. The quantitative estimate of drug-likeness (QED) is 0.167. The van der Waals surface area contributed by atoms with E-state index in [1.54, 1.807) is 42.7 Å². The van der Waals surface area contributed by atoms with E-state index in [0.29, 0.717) is 17.0 Å². The summed E-state index contributed by atoms with van der Waals surface area (Å²) in [7, 11) is 0. The van der Waals surface area contributed by atoms with Gasteiger partial charge in [0.05, 0.1) is 11.3 Å². The number of ketones is 1.